The summed E-state index contributed by atoms with van der Waals surface area (Å²) in [5, 5.41) is 6.85. The molecule has 0 rings (SSSR count). The van der Waals surface area contributed by atoms with Crippen molar-refractivity contribution in [1.82, 2.24) is 0 Å². The van der Waals surface area contributed by atoms with Crippen molar-refractivity contribution in [3.05, 3.63) is 0 Å². The minimum atomic E-state index is -3.87. The first-order valence-corrected chi connectivity index (χ1v) is 7.46. The number of hydrogen-bond donors (Lipinski definition) is 1. The molecule has 0 amide bonds. The van der Waals surface area contributed by atoms with E-state index in [9.17, 15) is 21.6 Å². The number of carboxylic acids is 1. The molecule has 0 bridgehead atoms. The fourth-order valence-corrected chi connectivity index (χ4v) is 3.40. The highest BCUT2D eigenvalue weighted by atomic mass is 32.2. The van der Waals surface area contributed by atoms with Crippen molar-refractivity contribution in [2.24, 2.45) is 0 Å². The zero-order valence-corrected chi connectivity index (χ0v) is 9.43. The lowest BCUT2D eigenvalue weighted by Gasteiger charge is -2.06. The Kier molecular flexibility index (Phi) is 4.07. The van der Waals surface area contributed by atoms with Gasteiger partial charge >= 0.3 is 5.97 Å². The van der Waals surface area contributed by atoms with Crippen LogP contribution in [0.15, 0.2) is 0 Å². The third kappa shape index (κ3) is 4.56. The highest BCUT2D eigenvalue weighted by Gasteiger charge is 2.28. The molecule has 84 valence electrons. The van der Waals surface area contributed by atoms with Crippen molar-refractivity contribution < 1.29 is 26.7 Å². The van der Waals surface area contributed by atoms with Crippen LogP contribution in [0.4, 0.5) is 0 Å². The molecule has 0 aliphatic carbocycles. The average molecular weight is 244 g/mol. The Morgan fingerprint density at radius 2 is 1.64 bits per heavy atom. The Hall–Kier alpha value is -0.630. The van der Waals surface area contributed by atoms with Crippen LogP contribution in [0.1, 0.15) is 6.92 Å². The van der Waals surface area contributed by atoms with E-state index in [1.165, 1.54) is 0 Å². The van der Waals surface area contributed by atoms with Gasteiger partial charge in [-0.3, -0.25) is 4.79 Å². The standard InChI is InChI=1S/C6H12O6S2/c1-5(6(7)8)14(11,12)4-3-13(2,9)10/h5H,3-4H2,1-2H3,(H,7,8). The average Bonchev–Trinajstić information content (AvgIpc) is 1.98. The van der Waals surface area contributed by atoms with E-state index in [1.807, 2.05) is 0 Å². The molecule has 1 unspecified atom stereocenters. The van der Waals surface area contributed by atoms with Gasteiger partial charge in [0.2, 0.25) is 0 Å². The maximum absolute atomic E-state index is 11.2. The highest BCUT2D eigenvalue weighted by Crippen LogP contribution is 2.03. The lowest BCUT2D eigenvalue weighted by Crippen LogP contribution is -2.31. The van der Waals surface area contributed by atoms with Crippen LogP contribution in [0, 0.1) is 0 Å². The molecule has 0 saturated heterocycles. The summed E-state index contributed by atoms with van der Waals surface area (Å²) in [6.07, 6.45) is 0.897. The molecule has 0 aliphatic heterocycles. The van der Waals surface area contributed by atoms with Crippen molar-refractivity contribution in [2.75, 3.05) is 17.8 Å². The Morgan fingerprint density at radius 3 is 1.93 bits per heavy atom. The largest absolute Gasteiger partial charge is 0.480 e. The first kappa shape index (κ1) is 13.4. The fraction of sp³-hybridized carbons (Fsp3) is 0.833. The summed E-state index contributed by atoms with van der Waals surface area (Å²) >= 11 is 0. The predicted octanol–water partition coefficient (Wildman–Crippen LogP) is -1.08. The van der Waals surface area contributed by atoms with Crippen LogP contribution in [0.25, 0.3) is 0 Å². The third-order valence-electron chi connectivity index (χ3n) is 1.63. The summed E-state index contributed by atoms with van der Waals surface area (Å²) in [5.74, 6) is -2.68. The maximum Gasteiger partial charge on any atom is 0.321 e. The van der Waals surface area contributed by atoms with Gasteiger partial charge in [0.1, 0.15) is 9.84 Å². The molecule has 0 fully saturated rings. The zero-order valence-electron chi connectivity index (χ0n) is 7.80. The molecule has 8 heteroatoms. The molecule has 6 nitrogen and oxygen atoms in total. The molecule has 0 aromatic heterocycles. The third-order valence-corrected chi connectivity index (χ3v) is 4.88. The van der Waals surface area contributed by atoms with Gasteiger partial charge in [0.05, 0.1) is 11.5 Å². The van der Waals surface area contributed by atoms with E-state index < -0.39 is 42.4 Å². The first-order chi connectivity index (χ1) is 6.06. The van der Waals surface area contributed by atoms with E-state index in [4.69, 9.17) is 5.11 Å². The van der Waals surface area contributed by atoms with Gasteiger partial charge in [0, 0.05) is 6.26 Å². The number of sulfone groups is 2. The summed E-state index contributed by atoms with van der Waals surface area (Å²) in [7, 11) is -7.26. The Labute approximate surface area is 82.8 Å². The first-order valence-electron chi connectivity index (χ1n) is 3.68. The number of carbonyl (C=O) groups is 1. The van der Waals surface area contributed by atoms with Gasteiger partial charge in [0.25, 0.3) is 0 Å². The van der Waals surface area contributed by atoms with Crippen molar-refractivity contribution >= 4 is 25.6 Å². The summed E-state index contributed by atoms with van der Waals surface area (Å²) in [5.41, 5.74) is 0. The van der Waals surface area contributed by atoms with E-state index in [1.54, 1.807) is 0 Å². The molecule has 1 N–H and O–H groups in total. The van der Waals surface area contributed by atoms with Gasteiger partial charge in [-0.2, -0.15) is 0 Å². The minimum Gasteiger partial charge on any atom is -0.480 e. The van der Waals surface area contributed by atoms with Crippen LogP contribution in [-0.2, 0) is 24.5 Å². The molecule has 0 spiro atoms. The summed E-state index contributed by atoms with van der Waals surface area (Å²) in [6.45, 7) is 1.01. The van der Waals surface area contributed by atoms with Crippen LogP contribution < -0.4 is 0 Å². The predicted molar refractivity (Wildman–Crippen MR) is 50.6 cm³/mol. The molecule has 14 heavy (non-hydrogen) atoms. The molecule has 0 aromatic carbocycles. The lowest BCUT2D eigenvalue weighted by atomic mass is 10.5. The monoisotopic (exact) mass is 244 g/mol. The summed E-state index contributed by atoms with van der Waals surface area (Å²) in [4.78, 5) is 10.3. The van der Waals surface area contributed by atoms with Gasteiger partial charge in [-0.25, -0.2) is 16.8 Å². The van der Waals surface area contributed by atoms with Crippen LogP contribution in [0.2, 0.25) is 0 Å². The number of carboxylic acid groups (broad SMARTS) is 1. The second-order valence-electron chi connectivity index (χ2n) is 2.98. The number of rotatable bonds is 5. The van der Waals surface area contributed by atoms with E-state index in [2.05, 4.69) is 0 Å². The fourth-order valence-electron chi connectivity index (χ4n) is 0.598. The number of hydrogen-bond acceptors (Lipinski definition) is 5. The van der Waals surface area contributed by atoms with E-state index in [-0.39, 0.29) is 0 Å². The molecule has 1 atom stereocenters. The molecular weight excluding hydrogens is 232 g/mol. The molecule has 0 heterocycles. The van der Waals surface area contributed by atoms with Gasteiger partial charge in [-0.1, -0.05) is 0 Å². The van der Waals surface area contributed by atoms with Crippen LogP contribution in [-0.4, -0.2) is 50.9 Å². The summed E-state index contributed by atoms with van der Waals surface area (Å²) < 4.78 is 43.7. The van der Waals surface area contributed by atoms with E-state index in [0.29, 0.717) is 0 Å². The van der Waals surface area contributed by atoms with Crippen molar-refractivity contribution in [3.63, 3.8) is 0 Å². The zero-order chi connectivity index (χ0) is 11.6. The second-order valence-corrected chi connectivity index (χ2v) is 7.68. The Balaban J connectivity index is 4.61. The highest BCUT2D eigenvalue weighted by molar-refractivity contribution is 7.95. The van der Waals surface area contributed by atoms with Crippen LogP contribution in [0.3, 0.4) is 0 Å². The van der Waals surface area contributed by atoms with Crippen LogP contribution >= 0.6 is 0 Å². The van der Waals surface area contributed by atoms with Crippen molar-refractivity contribution in [2.45, 2.75) is 12.2 Å². The normalized spacial score (nSPS) is 15.0. The van der Waals surface area contributed by atoms with E-state index in [0.717, 1.165) is 13.2 Å². The molecule has 0 saturated carbocycles. The molecule has 0 aliphatic rings. The SMILES string of the molecule is CC(C(=O)O)S(=O)(=O)CCS(C)(=O)=O. The maximum atomic E-state index is 11.2. The van der Waals surface area contributed by atoms with Gasteiger partial charge in [0.15, 0.2) is 15.1 Å². The minimum absolute atomic E-state index is 0.549. The van der Waals surface area contributed by atoms with Gasteiger partial charge < -0.3 is 5.11 Å². The van der Waals surface area contributed by atoms with Crippen molar-refractivity contribution in [1.29, 1.82) is 0 Å². The lowest BCUT2D eigenvalue weighted by molar-refractivity contribution is -0.136. The molecule has 0 radical (unpaired) electrons. The smallest absolute Gasteiger partial charge is 0.321 e. The Bertz CT molecular complexity index is 404. The van der Waals surface area contributed by atoms with Crippen molar-refractivity contribution in [3.8, 4) is 0 Å². The van der Waals surface area contributed by atoms with Crippen LogP contribution in [0.5, 0.6) is 0 Å². The quantitative estimate of drug-likeness (QED) is 0.659. The molecular formula is C6H12O6S2. The topological polar surface area (TPSA) is 106 Å². The summed E-state index contributed by atoms with van der Waals surface area (Å²) in [6, 6.07) is 0. The number of aliphatic carboxylic acids is 1. The molecule has 0 aromatic rings. The Morgan fingerprint density at radius 1 is 1.21 bits per heavy atom. The second kappa shape index (κ2) is 4.26. The van der Waals surface area contributed by atoms with Gasteiger partial charge in [-0.15, -0.1) is 0 Å². The van der Waals surface area contributed by atoms with Gasteiger partial charge in [-0.05, 0) is 6.92 Å². The van der Waals surface area contributed by atoms with E-state index >= 15 is 0 Å².